The van der Waals surface area contributed by atoms with Gasteiger partial charge in [0.05, 0.1) is 0 Å². The second-order valence-corrected chi connectivity index (χ2v) is 21.3. The van der Waals surface area contributed by atoms with Gasteiger partial charge in [0.2, 0.25) is 0 Å². The molecule has 0 aromatic rings. The van der Waals surface area contributed by atoms with E-state index in [-0.39, 0.29) is 31.1 Å². The van der Waals surface area contributed by atoms with E-state index in [0.29, 0.717) is 19.3 Å². The third kappa shape index (κ3) is 62.7. The maximum absolute atomic E-state index is 12.9. The number of hydrogen-bond donors (Lipinski definition) is 0. The molecule has 0 fully saturated rings. The molecule has 1 atom stereocenters. The summed E-state index contributed by atoms with van der Waals surface area (Å²) in [4.78, 5) is 38.2. The summed E-state index contributed by atoms with van der Waals surface area (Å²) in [6, 6.07) is 0. The zero-order valence-electron chi connectivity index (χ0n) is 50.9. The Kier molecular flexibility index (Phi) is 61.8. The van der Waals surface area contributed by atoms with Crippen LogP contribution in [0.3, 0.4) is 0 Å². The van der Waals surface area contributed by atoms with Crippen LogP contribution in [-0.2, 0) is 28.6 Å². The highest BCUT2D eigenvalue weighted by Gasteiger charge is 2.19. The summed E-state index contributed by atoms with van der Waals surface area (Å²) in [5.41, 5.74) is 0. The monoisotopic (exact) mass is 1080 g/mol. The van der Waals surface area contributed by atoms with E-state index >= 15 is 0 Å². The highest BCUT2D eigenvalue weighted by molar-refractivity contribution is 5.71. The van der Waals surface area contributed by atoms with Gasteiger partial charge < -0.3 is 14.2 Å². The van der Waals surface area contributed by atoms with Crippen LogP contribution in [-0.4, -0.2) is 37.2 Å². The molecule has 0 bridgehead atoms. The number of allylic oxidation sites excluding steroid dienone is 20. The van der Waals surface area contributed by atoms with Gasteiger partial charge in [0.15, 0.2) is 6.10 Å². The number of carbonyl (C=O) groups is 3. The van der Waals surface area contributed by atoms with Gasteiger partial charge in [-0.1, -0.05) is 303 Å². The Morgan fingerprint density at radius 3 is 0.782 bits per heavy atom. The Labute approximate surface area is 482 Å². The van der Waals surface area contributed by atoms with Crippen molar-refractivity contribution in [2.45, 2.75) is 303 Å². The zero-order valence-corrected chi connectivity index (χ0v) is 50.9. The minimum atomic E-state index is -0.787. The molecule has 0 aliphatic carbocycles. The molecule has 1 unspecified atom stereocenters. The van der Waals surface area contributed by atoms with E-state index in [2.05, 4.69) is 142 Å². The number of carbonyl (C=O) groups excluding carboxylic acids is 3. The molecule has 0 radical (unpaired) electrons. The zero-order chi connectivity index (χ0) is 56.4. The topological polar surface area (TPSA) is 78.9 Å². The van der Waals surface area contributed by atoms with E-state index in [1.54, 1.807) is 0 Å². The van der Waals surface area contributed by atoms with Crippen LogP contribution in [0.15, 0.2) is 122 Å². The lowest BCUT2D eigenvalue weighted by molar-refractivity contribution is -0.167. The van der Waals surface area contributed by atoms with E-state index in [9.17, 15) is 14.4 Å². The molecule has 78 heavy (non-hydrogen) atoms. The van der Waals surface area contributed by atoms with Gasteiger partial charge in [-0.3, -0.25) is 14.4 Å². The van der Waals surface area contributed by atoms with Gasteiger partial charge in [0, 0.05) is 19.3 Å². The first-order valence-electron chi connectivity index (χ1n) is 32.5. The van der Waals surface area contributed by atoms with Gasteiger partial charge in [-0.05, 0) is 96.3 Å². The number of rotatable bonds is 58. The van der Waals surface area contributed by atoms with Crippen molar-refractivity contribution in [1.29, 1.82) is 0 Å². The van der Waals surface area contributed by atoms with Crippen molar-refractivity contribution in [3.63, 3.8) is 0 Å². The van der Waals surface area contributed by atoms with Crippen molar-refractivity contribution in [3.8, 4) is 0 Å². The van der Waals surface area contributed by atoms with Crippen molar-refractivity contribution < 1.29 is 28.6 Å². The second-order valence-electron chi connectivity index (χ2n) is 21.3. The molecule has 0 aromatic carbocycles. The molecule has 0 rings (SSSR count). The smallest absolute Gasteiger partial charge is 0.306 e. The molecule has 0 saturated carbocycles. The Morgan fingerprint density at radius 1 is 0.269 bits per heavy atom. The van der Waals surface area contributed by atoms with Crippen molar-refractivity contribution in [2.75, 3.05) is 13.2 Å². The molecule has 444 valence electrons. The van der Waals surface area contributed by atoms with Crippen molar-refractivity contribution in [1.82, 2.24) is 0 Å². The van der Waals surface area contributed by atoms with Crippen molar-refractivity contribution >= 4 is 17.9 Å². The predicted molar refractivity (Wildman–Crippen MR) is 339 cm³/mol. The second kappa shape index (κ2) is 65.3. The highest BCUT2D eigenvalue weighted by Crippen LogP contribution is 2.16. The van der Waals surface area contributed by atoms with Gasteiger partial charge in [-0.2, -0.15) is 0 Å². The first-order chi connectivity index (χ1) is 38.5. The molecule has 0 aromatic heterocycles. The van der Waals surface area contributed by atoms with Crippen molar-refractivity contribution in [3.05, 3.63) is 122 Å². The van der Waals surface area contributed by atoms with Crippen LogP contribution < -0.4 is 0 Å². The van der Waals surface area contributed by atoms with Gasteiger partial charge in [-0.15, -0.1) is 0 Å². The third-order valence-electron chi connectivity index (χ3n) is 13.7. The summed E-state index contributed by atoms with van der Waals surface area (Å²) in [5, 5.41) is 0. The van der Waals surface area contributed by atoms with E-state index in [0.717, 1.165) is 135 Å². The third-order valence-corrected chi connectivity index (χ3v) is 13.7. The van der Waals surface area contributed by atoms with Crippen molar-refractivity contribution in [2.24, 2.45) is 0 Å². The van der Waals surface area contributed by atoms with Gasteiger partial charge in [0.25, 0.3) is 0 Å². The maximum Gasteiger partial charge on any atom is 0.306 e. The van der Waals surface area contributed by atoms with Crippen LogP contribution in [0.4, 0.5) is 0 Å². The molecule has 0 saturated heterocycles. The lowest BCUT2D eigenvalue weighted by atomic mass is 10.0. The first-order valence-corrected chi connectivity index (χ1v) is 32.5. The SMILES string of the molecule is CC/C=C\C/C=C\C/C=C\C/C=C\C/C=C\C/C=C\C/C=C\C/C=C\C/C=C\C/C=C\CCCCCCC(=O)OCC(COC(=O)CCCCCCCCCCCCCC)OC(=O)CCCCCCCCCCCCCCC. The lowest BCUT2D eigenvalue weighted by Crippen LogP contribution is -2.30. The number of ether oxygens (including phenoxy) is 3. The molecule has 0 N–H and O–H groups in total. The summed E-state index contributed by atoms with van der Waals surface area (Å²) >= 11 is 0. The average molecular weight is 1080 g/mol. The normalized spacial score (nSPS) is 12.9. The molecule has 6 nitrogen and oxygen atoms in total. The maximum atomic E-state index is 12.9. The number of esters is 3. The molecule has 0 amide bonds. The standard InChI is InChI=1S/C72H120O6/c1-4-7-10-13-16-19-22-25-26-27-28-29-30-31-32-33-34-35-36-37-38-39-40-41-42-43-44-45-46-48-50-53-56-59-62-65-71(74)77-68-69(67-76-70(73)64-61-58-55-52-49-24-21-18-15-12-9-6-3)78-72(75)66-63-60-57-54-51-47-23-20-17-14-11-8-5-2/h7,10,16,19,25-26,28-29,31-32,34-35,37-38,40-41,43-44,46,48,69H,4-6,8-9,11-15,17-18,20-24,27,30,33,36,39,42,45,47,49-68H2,1-3H3/b10-7-,19-16-,26-25-,29-28-,32-31-,35-34-,38-37-,41-40-,44-43-,48-46-. The predicted octanol–water partition coefficient (Wildman–Crippen LogP) is 22.4. The van der Waals surface area contributed by atoms with Crippen LogP contribution in [0.25, 0.3) is 0 Å². The molecule has 6 heteroatoms. The van der Waals surface area contributed by atoms with Crippen LogP contribution in [0.2, 0.25) is 0 Å². The molecular weight excluding hydrogens is 961 g/mol. The summed E-state index contributed by atoms with van der Waals surface area (Å²) in [6.45, 7) is 6.51. The number of unbranched alkanes of at least 4 members (excludes halogenated alkanes) is 27. The molecule has 0 heterocycles. The fourth-order valence-electron chi connectivity index (χ4n) is 8.88. The molecule has 0 spiro atoms. The van der Waals surface area contributed by atoms with E-state index in [1.165, 1.54) is 122 Å². The molecule has 0 aliphatic rings. The van der Waals surface area contributed by atoms with E-state index in [1.807, 2.05) is 0 Å². The minimum absolute atomic E-state index is 0.0831. The van der Waals surface area contributed by atoms with Gasteiger partial charge in [-0.25, -0.2) is 0 Å². The minimum Gasteiger partial charge on any atom is -0.462 e. The fraction of sp³-hybridized carbons (Fsp3) is 0.681. The Balaban J connectivity index is 4.26. The first kappa shape index (κ1) is 73.8. The Bertz CT molecular complexity index is 1620. The Morgan fingerprint density at radius 2 is 0.500 bits per heavy atom. The van der Waals surface area contributed by atoms with Gasteiger partial charge in [0.1, 0.15) is 13.2 Å². The average Bonchev–Trinajstić information content (AvgIpc) is 3.44. The van der Waals surface area contributed by atoms with Crippen LogP contribution >= 0.6 is 0 Å². The summed E-state index contributed by atoms with van der Waals surface area (Å²) in [7, 11) is 0. The highest BCUT2D eigenvalue weighted by atomic mass is 16.6. The largest absolute Gasteiger partial charge is 0.462 e. The van der Waals surface area contributed by atoms with Crippen LogP contribution in [0.1, 0.15) is 297 Å². The fourth-order valence-corrected chi connectivity index (χ4v) is 8.88. The molecule has 0 aliphatic heterocycles. The van der Waals surface area contributed by atoms with E-state index in [4.69, 9.17) is 14.2 Å². The van der Waals surface area contributed by atoms with Crippen LogP contribution in [0.5, 0.6) is 0 Å². The summed E-state index contributed by atoms with van der Waals surface area (Å²) in [6.07, 6.45) is 90.7. The van der Waals surface area contributed by atoms with E-state index < -0.39 is 6.10 Å². The summed E-state index contributed by atoms with van der Waals surface area (Å²) < 4.78 is 16.9. The van der Waals surface area contributed by atoms with Gasteiger partial charge >= 0.3 is 17.9 Å². The Hall–Kier alpha value is -4.19. The summed E-state index contributed by atoms with van der Waals surface area (Å²) in [5.74, 6) is -0.903. The lowest BCUT2D eigenvalue weighted by Gasteiger charge is -2.18. The molecular formula is C72H120O6. The van der Waals surface area contributed by atoms with Crippen LogP contribution in [0, 0.1) is 0 Å². The number of hydrogen-bond acceptors (Lipinski definition) is 6. The quantitative estimate of drug-likeness (QED) is 0.0261.